The Hall–Kier alpha value is -0.350. The standard InChI is InChI=1S/C10H18O3S/c1-7(2)9-5-4-8(3)10(6-9)14(11,12)13/h4,7,9-10H,5-6H2,1-3H3,(H,11,12,13)/p-1/t9-,10+/m1/s1. The van der Waals surface area contributed by atoms with Crippen molar-refractivity contribution >= 4 is 10.1 Å². The van der Waals surface area contributed by atoms with Crippen LogP contribution in [0.25, 0.3) is 0 Å². The van der Waals surface area contributed by atoms with Gasteiger partial charge < -0.3 is 4.55 Å². The van der Waals surface area contributed by atoms with Crippen molar-refractivity contribution in [1.29, 1.82) is 0 Å². The largest absolute Gasteiger partial charge is 0.747 e. The predicted octanol–water partition coefficient (Wildman–Crippen LogP) is 1.91. The van der Waals surface area contributed by atoms with Crippen LogP contribution in [-0.2, 0) is 10.1 Å². The van der Waals surface area contributed by atoms with E-state index in [-0.39, 0.29) is 0 Å². The van der Waals surface area contributed by atoms with E-state index in [0.29, 0.717) is 18.3 Å². The highest BCUT2D eigenvalue weighted by Gasteiger charge is 2.27. The lowest BCUT2D eigenvalue weighted by Gasteiger charge is -2.32. The first-order valence-corrected chi connectivity index (χ1v) is 6.41. The second-order valence-electron chi connectivity index (χ2n) is 4.41. The number of rotatable bonds is 2. The SMILES string of the molecule is CC1=CC[C@@H](C(C)C)C[C@@H]1S(=O)(=O)[O-]. The van der Waals surface area contributed by atoms with Crippen molar-refractivity contribution in [3.05, 3.63) is 11.6 Å². The summed E-state index contributed by atoms with van der Waals surface area (Å²) in [4.78, 5) is 0. The van der Waals surface area contributed by atoms with E-state index in [2.05, 4.69) is 13.8 Å². The van der Waals surface area contributed by atoms with Crippen LogP contribution in [0.3, 0.4) is 0 Å². The van der Waals surface area contributed by atoms with E-state index in [0.717, 1.165) is 12.0 Å². The van der Waals surface area contributed by atoms with Crippen LogP contribution in [0.2, 0.25) is 0 Å². The van der Waals surface area contributed by atoms with Gasteiger partial charge in [0.15, 0.2) is 0 Å². The van der Waals surface area contributed by atoms with Gasteiger partial charge in [0.05, 0.1) is 5.25 Å². The Bertz CT molecular complexity index is 327. The van der Waals surface area contributed by atoms with Gasteiger partial charge in [0, 0.05) is 0 Å². The van der Waals surface area contributed by atoms with Crippen LogP contribution in [0.4, 0.5) is 0 Å². The smallest absolute Gasteiger partial charge is 0.101 e. The van der Waals surface area contributed by atoms with Gasteiger partial charge in [0.2, 0.25) is 0 Å². The fourth-order valence-electron chi connectivity index (χ4n) is 1.92. The summed E-state index contributed by atoms with van der Waals surface area (Å²) in [5, 5.41) is -0.788. The molecule has 0 aromatic heterocycles. The minimum Gasteiger partial charge on any atom is -0.747 e. The Balaban J connectivity index is 2.88. The first-order valence-electron chi connectivity index (χ1n) is 4.93. The molecule has 0 unspecified atom stereocenters. The van der Waals surface area contributed by atoms with E-state index in [9.17, 15) is 13.0 Å². The molecule has 0 amide bonds. The highest BCUT2D eigenvalue weighted by Crippen LogP contribution is 2.32. The van der Waals surface area contributed by atoms with Gasteiger partial charge in [-0.05, 0) is 31.6 Å². The summed E-state index contributed by atoms with van der Waals surface area (Å²) in [7, 11) is -4.16. The predicted molar refractivity (Wildman–Crippen MR) is 54.8 cm³/mol. The van der Waals surface area contributed by atoms with Gasteiger partial charge in [0.1, 0.15) is 10.1 Å². The van der Waals surface area contributed by atoms with Gasteiger partial charge >= 0.3 is 0 Å². The van der Waals surface area contributed by atoms with Crippen LogP contribution in [0.5, 0.6) is 0 Å². The zero-order valence-electron chi connectivity index (χ0n) is 8.86. The quantitative estimate of drug-likeness (QED) is 0.524. The van der Waals surface area contributed by atoms with Gasteiger partial charge in [-0.2, -0.15) is 0 Å². The van der Waals surface area contributed by atoms with E-state index in [4.69, 9.17) is 0 Å². The molecule has 0 aromatic carbocycles. The van der Waals surface area contributed by atoms with Crippen molar-refractivity contribution in [2.24, 2.45) is 11.8 Å². The molecule has 0 saturated carbocycles. The van der Waals surface area contributed by atoms with Crippen molar-refractivity contribution in [2.75, 3.05) is 0 Å². The highest BCUT2D eigenvalue weighted by molar-refractivity contribution is 7.86. The van der Waals surface area contributed by atoms with Gasteiger partial charge in [0.25, 0.3) is 0 Å². The van der Waals surface area contributed by atoms with Crippen LogP contribution < -0.4 is 0 Å². The Kier molecular flexibility index (Phi) is 3.37. The molecule has 0 bridgehead atoms. The molecule has 14 heavy (non-hydrogen) atoms. The molecule has 0 heterocycles. The van der Waals surface area contributed by atoms with Gasteiger partial charge in [-0.25, -0.2) is 8.42 Å². The maximum atomic E-state index is 11.0. The normalized spacial score (nSPS) is 29.1. The molecule has 1 rings (SSSR count). The van der Waals surface area contributed by atoms with Crippen LogP contribution in [-0.4, -0.2) is 18.2 Å². The van der Waals surface area contributed by atoms with Gasteiger partial charge in [-0.1, -0.05) is 25.5 Å². The summed E-state index contributed by atoms with van der Waals surface area (Å²) < 4.78 is 32.9. The van der Waals surface area contributed by atoms with Gasteiger partial charge in [-0.3, -0.25) is 0 Å². The highest BCUT2D eigenvalue weighted by atomic mass is 32.2. The minimum absolute atomic E-state index is 0.326. The first kappa shape index (κ1) is 11.7. The number of hydrogen-bond donors (Lipinski definition) is 0. The monoisotopic (exact) mass is 217 g/mol. The molecule has 0 aromatic rings. The molecular weight excluding hydrogens is 200 g/mol. The molecule has 0 saturated heterocycles. The third-order valence-electron chi connectivity index (χ3n) is 3.06. The third kappa shape index (κ3) is 2.58. The molecule has 82 valence electrons. The molecule has 0 radical (unpaired) electrons. The summed E-state index contributed by atoms with van der Waals surface area (Å²) in [5.74, 6) is 0.760. The summed E-state index contributed by atoms with van der Waals surface area (Å²) >= 11 is 0. The Morgan fingerprint density at radius 2 is 2.07 bits per heavy atom. The summed E-state index contributed by atoms with van der Waals surface area (Å²) in [5.41, 5.74) is 0.719. The fourth-order valence-corrected chi connectivity index (χ4v) is 2.95. The second kappa shape index (κ2) is 4.03. The first-order chi connectivity index (χ1) is 6.32. The minimum atomic E-state index is -4.16. The van der Waals surface area contributed by atoms with E-state index < -0.39 is 15.4 Å². The maximum absolute atomic E-state index is 11.0. The van der Waals surface area contributed by atoms with Crippen molar-refractivity contribution in [1.82, 2.24) is 0 Å². The summed E-state index contributed by atoms with van der Waals surface area (Å²) in [6.07, 6.45) is 3.29. The zero-order valence-corrected chi connectivity index (χ0v) is 9.67. The fraction of sp³-hybridized carbons (Fsp3) is 0.800. The van der Waals surface area contributed by atoms with E-state index >= 15 is 0 Å². The lowest BCUT2D eigenvalue weighted by atomic mass is 9.82. The summed E-state index contributed by atoms with van der Waals surface area (Å²) in [6, 6.07) is 0. The van der Waals surface area contributed by atoms with Crippen LogP contribution in [0, 0.1) is 11.8 Å². The molecule has 4 heteroatoms. The average Bonchev–Trinajstić information content (AvgIpc) is 2.02. The van der Waals surface area contributed by atoms with E-state index in [1.807, 2.05) is 6.08 Å². The lowest BCUT2D eigenvalue weighted by molar-refractivity contribution is 0.340. The van der Waals surface area contributed by atoms with E-state index in [1.165, 1.54) is 0 Å². The summed E-state index contributed by atoms with van der Waals surface area (Å²) in [6.45, 7) is 5.86. The third-order valence-corrected chi connectivity index (χ3v) is 4.32. The molecule has 0 spiro atoms. The molecule has 0 aliphatic heterocycles. The van der Waals surface area contributed by atoms with Crippen LogP contribution >= 0.6 is 0 Å². The Morgan fingerprint density at radius 3 is 2.50 bits per heavy atom. The van der Waals surface area contributed by atoms with Crippen LogP contribution in [0.15, 0.2) is 11.6 Å². The maximum Gasteiger partial charge on any atom is 0.101 e. The van der Waals surface area contributed by atoms with Crippen molar-refractivity contribution in [2.45, 2.75) is 38.9 Å². The molecule has 1 aliphatic carbocycles. The molecule has 0 fully saturated rings. The molecule has 1 aliphatic rings. The zero-order chi connectivity index (χ0) is 10.9. The van der Waals surface area contributed by atoms with Crippen LogP contribution in [0.1, 0.15) is 33.6 Å². The molecule has 2 atom stereocenters. The van der Waals surface area contributed by atoms with Crippen molar-refractivity contribution in [3.63, 3.8) is 0 Å². The molecule has 3 nitrogen and oxygen atoms in total. The second-order valence-corrected chi connectivity index (χ2v) is 5.96. The average molecular weight is 217 g/mol. The lowest BCUT2D eigenvalue weighted by Crippen LogP contribution is -2.29. The van der Waals surface area contributed by atoms with Crippen molar-refractivity contribution < 1.29 is 13.0 Å². The molecule has 0 N–H and O–H groups in total. The number of hydrogen-bond acceptors (Lipinski definition) is 3. The Labute approximate surface area is 86.0 Å². The number of allylic oxidation sites excluding steroid dienone is 1. The Morgan fingerprint density at radius 1 is 1.50 bits per heavy atom. The van der Waals surface area contributed by atoms with Crippen molar-refractivity contribution in [3.8, 4) is 0 Å². The topological polar surface area (TPSA) is 57.2 Å². The molecular formula is C10H17O3S-. The van der Waals surface area contributed by atoms with E-state index in [1.54, 1.807) is 6.92 Å². The van der Waals surface area contributed by atoms with Gasteiger partial charge in [-0.15, -0.1) is 0 Å².